The Hall–Kier alpha value is -3.67. The van der Waals surface area contributed by atoms with Crippen molar-refractivity contribution in [2.45, 2.75) is 277 Å². The number of rotatable bonds is 52. The first-order valence-corrected chi connectivity index (χ1v) is 29.3. The Balaban J connectivity index is 4.41. The molecule has 400 valence electrons. The summed E-state index contributed by atoms with van der Waals surface area (Å²) < 4.78 is 16.9. The minimum atomic E-state index is -0.790. The molecule has 0 aromatic carbocycles. The Morgan fingerprint density at radius 2 is 0.600 bits per heavy atom. The predicted octanol–water partition coefficient (Wildman–Crippen LogP) is 19.7. The van der Waals surface area contributed by atoms with Gasteiger partial charge in [-0.25, -0.2) is 0 Å². The van der Waals surface area contributed by atoms with E-state index in [-0.39, 0.29) is 31.1 Å². The molecule has 0 heterocycles. The van der Waals surface area contributed by atoms with Crippen LogP contribution in [0.4, 0.5) is 0 Å². The standard InChI is InChI=1S/C64H108O6/c1-4-7-10-13-16-19-22-25-28-30-32-34-36-39-42-45-48-51-54-57-63(66)69-60-61(59-68-62(65)56-53-50-47-44-41-38-27-24-21-18-15-12-9-6-3)70-64(67)58-55-52-49-46-43-40-37-35-33-31-29-26-23-20-17-14-11-8-5-2/h7,9-10,12,16-21,23,25-26,28,32,34,61H,4-6,8,11,13-15,22,24,27,29-31,33,35-60H2,1-3H3/b10-7-,12-9-,19-16-,20-17-,21-18-,26-23-,28-25-,34-32-. The molecule has 0 rings (SSSR count). The van der Waals surface area contributed by atoms with E-state index < -0.39 is 6.10 Å². The van der Waals surface area contributed by atoms with Crippen LogP contribution in [0.3, 0.4) is 0 Å². The second kappa shape index (κ2) is 57.9. The monoisotopic (exact) mass is 973 g/mol. The van der Waals surface area contributed by atoms with Crippen molar-refractivity contribution in [3.05, 3.63) is 97.2 Å². The first-order valence-electron chi connectivity index (χ1n) is 29.3. The normalized spacial score (nSPS) is 12.8. The van der Waals surface area contributed by atoms with Crippen LogP contribution in [0.25, 0.3) is 0 Å². The molecule has 0 radical (unpaired) electrons. The fraction of sp³-hybridized carbons (Fsp3) is 0.703. The topological polar surface area (TPSA) is 78.9 Å². The minimum absolute atomic E-state index is 0.0880. The molecule has 6 nitrogen and oxygen atoms in total. The Bertz CT molecular complexity index is 1400. The first kappa shape index (κ1) is 66.3. The zero-order valence-electron chi connectivity index (χ0n) is 45.8. The molecule has 0 saturated heterocycles. The maximum Gasteiger partial charge on any atom is 0.306 e. The number of ether oxygens (including phenoxy) is 3. The van der Waals surface area contributed by atoms with Gasteiger partial charge in [-0.1, -0.05) is 240 Å². The molecule has 0 aromatic heterocycles. The molecule has 0 spiro atoms. The van der Waals surface area contributed by atoms with E-state index in [1.807, 2.05) is 0 Å². The zero-order chi connectivity index (χ0) is 50.7. The van der Waals surface area contributed by atoms with Crippen molar-refractivity contribution in [1.29, 1.82) is 0 Å². The van der Waals surface area contributed by atoms with Crippen molar-refractivity contribution in [3.8, 4) is 0 Å². The summed E-state index contributed by atoms with van der Waals surface area (Å²) in [6.45, 7) is 6.39. The second-order valence-electron chi connectivity index (χ2n) is 19.2. The average Bonchev–Trinajstić information content (AvgIpc) is 3.36. The van der Waals surface area contributed by atoms with E-state index >= 15 is 0 Å². The van der Waals surface area contributed by atoms with Crippen LogP contribution < -0.4 is 0 Å². The largest absolute Gasteiger partial charge is 0.462 e. The van der Waals surface area contributed by atoms with Gasteiger partial charge in [0.25, 0.3) is 0 Å². The summed E-state index contributed by atoms with van der Waals surface area (Å²) in [4.78, 5) is 38.2. The fourth-order valence-electron chi connectivity index (χ4n) is 7.99. The van der Waals surface area contributed by atoms with Gasteiger partial charge in [-0.15, -0.1) is 0 Å². The number of allylic oxidation sites excluding steroid dienone is 16. The summed E-state index contributed by atoms with van der Waals surface area (Å²) in [6.07, 6.45) is 76.8. The third-order valence-electron chi connectivity index (χ3n) is 12.3. The van der Waals surface area contributed by atoms with E-state index in [1.165, 1.54) is 116 Å². The van der Waals surface area contributed by atoms with Crippen molar-refractivity contribution in [1.82, 2.24) is 0 Å². The summed E-state index contributed by atoms with van der Waals surface area (Å²) in [7, 11) is 0. The van der Waals surface area contributed by atoms with Gasteiger partial charge < -0.3 is 14.2 Å². The summed E-state index contributed by atoms with van der Waals surface area (Å²) in [5.41, 5.74) is 0. The van der Waals surface area contributed by atoms with Gasteiger partial charge in [0.15, 0.2) is 6.10 Å². The van der Waals surface area contributed by atoms with Crippen molar-refractivity contribution >= 4 is 17.9 Å². The molecule has 0 aliphatic carbocycles. The number of carbonyl (C=O) groups excluding carboxylic acids is 3. The predicted molar refractivity (Wildman–Crippen MR) is 302 cm³/mol. The zero-order valence-corrected chi connectivity index (χ0v) is 45.8. The van der Waals surface area contributed by atoms with Crippen molar-refractivity contribution < 1.29 is 28.6 Å². The lowest BCUT2D eigenvalue weighted by Crippen LogP contribution is -2.30. The van der Waals surface area contributed by atoms with Crippen LogP contribution in [0.1, 0.15) is 271 Å². The fourth-order valence-corrected chi connectivity index (χ4v) is 7.99. The molecule has 0 saturated carbocycles. The number of hydrogen-bond donors (Lipinski definition) is 0. The van der Waals surface area contributed by atoms with Crippen LogP contribution in [0.2, 0.25) is 0 Å². The molecule has 70 heavy (non-hydrogen) atoms. The van der Waals surface area contributed by atoms with Crippen LogP contribution in [0.15, 0.2) is 97.2 Å². The van der Waals surface area contributed by atoms with Gasteiger partial charge in [0.05, 0.1) is 0 Å². The van der Waals surface area contributed by atoms with Gasteiger partial charge in [-0.3, -0.25) is 14.4 Å². The van der Waals surface area contributed by atoms with Crippen molar-refractivity contribution in [2.24, 2.45) is 0 Å². The molecule has 0 aliphatic heterocycles. The van der Waals surface area contributed by atoms with E-state index in [9.17, 15) is 14.4 Å². The third-order valence-corrected chi connectivity index (χ3v) is 12.3. The van der Waals surface area contributed by atoms with E-state index in [0.717, 1.165) is 116 Å². The molecule has 0 amide bonds. The Labute approximate surface area is 432 Å². The lowest BCUT2D eigenvalue weighted by Gasteiger charge is -2.18. The van der Waals surface area contributed by atoms with Gasteiger partial charge in [-0.05, 0) is 109 Å². The third kappa shape index (κ3) is 55.3. The van der Waals surface area contributed by atoms with Gasteiger partial charge in [0.2, 0.25) is 0 Å². The molecule has 1 unspecified atom stereocenters. The summed E-state index contributed by atoms with van der Waals surface area (Å²) in [5, 5.41) is 0. The number of esters is 3. The highest BCUT2D eigenvalue weighted by atomic mass is 16.6. The summed E-state index contributed by atoms with van der Waals surface area (Å²) in [6, 6.07) is 0. The number of hydrogen-bond acceptors (Lipinski definition) is 6. The molecule has 6 heteroatoms. The van der Waals surface area contributed by atoms with Crippen LogP contribution in [-0.4, -0.2) is 37.2 Å². The smallest absolute Gasteiger partial charge is 0.306 e. The van der Waals surface area contributed by atoms with Crippen LogP contribution in [-0.2, 0) is 28.6 Å². The number of unbranched alkanes of at least 4 members (excludes halogenated alkanes) is 26. The van der Waals surface area contributed by atoms with E-state index in [1.54, 1.807) is 0 Å². The molecule has 0 bridgehead atoms. The molecule has 0 fully saturated rings. The molecule has 0 aromatic rings. The Kier molecular flexibility index (Phi) is 54.9. The highest BCUT2D eigenvalue weighted by molar-refractivity contribution is 5.71. The molecule has 1 atom stereocenters. The minimum Gasteiger partial charge on any atom is -0.462 e. The highest BCUT2D eigenvalue weighted by Gasteiger charge is 2.19. The number of carbonyl (C=O) groups is 3. The van der Waals surface area contributed by atoms with E-state index in [4.69, 9.17) is 14.2 Å². The van der Waals surface area contributed by atoms with Crippen molar-refractivity contribution in [3.63, 3.8) is 0 Å². The summed E-state index contributed by atoms with van der Waals surface area (Å²) >= 11 is 0. The Morgan fingerprint density at radius 3 is 0.957 bits per heavy atom. The van der Waals surface area contributed by atoms with Crippen molar-refractivity contribution in [2.75, 3.05) is 13.2 Å². The van der Waals surface area contributed by atoms with E-state index in [0.29, 0.717) is 19.3 Å². The second-order valence-corrected chi connectivity index (χ2v) is 19.2. The van der Waals surface area contributed by atoms with Crippen LogP contribution in [0.5, 0.6) is 0 Å². The average molecular weight is 974 g/mol. The molecule has 0 aliphatic rings. The van der Waals surface area contributed by atoms with Gasteiger partial charge in [0, 0.05) is 19.3 Å². The Morgan fingerprint density at radius 1 is 0.314 bits per heavy atom. The van der Waals surface area contributed by atoms with Crippen LogP contribution in [0, 0.1) is 0 Å². The van der Waals surface area contributed by atoms with Gasteiger partial charge in [0.1, 0.15) is 13.2 Å². The van der Waals surface area contributed by atoms with Gasteiger partial charge in [-0.2, -0.15) is 0 Å². The quantitative estimate of drug-likeness (QED) is 0.0199. The van der Waals surface area contributed by atoms with E-state index in [2.05, 4.69) is 118 Å². The molecular weight excluding hydrogens is 865 g/mol. The maximum atomic E-state index is 12.9. The molecular formula is C64H108O6. The lowest BCUT2D eigenvalue weighted by molar-refractivity contribution is -0.167. The lowest BCUT2D eigenvalue weighted by atomic mass is 10.1. The first-order chi connectivity index (χ1) is 34.5. The van der Waals surface area contributed by atoms with Crippen LogP contribution >= 0.6 is 0 Å². The maximum absolute atomic E-state index is 12.9. The SMILES string of the molecule is CC/C=C\C/C=C\C/C=C\C/C=C\CCCCCCCCC(=O)OCC(COC(=O)CCCCCCCCC/C=C\C/C=C\CC)OC(=O)CCCCCCCCCCCC/C=C\C=C/CCCCC. The molecule has 0 N–H and O–H groups in total. The van der Waals surface area contributed by atoms with Gasteiger partial charge >= 0.3 is 17.9 Å². The summed E-state index contributed by atoms with van der Waals surface area (Å²) in [5.74, 6) is -0.909. The highest BCUT2D eigenvalue weighted by Crippen LogP contribution is 2.15.